The molecule has 1 N–H and O–H groups in total. The van der Waals surface area contributed by atoms with Gasteiger partial charge in [-0.1, -0.05) is 6.07 Å². The molecule has 0 saturated carbocycles. The van der Waals surface area contributed by atoms with Gasteiger partial charge in [0.1, 0.15) is 5.75 Å². The van der Waals surface area contributed by atoms with Crippen molar-refractivity contribution in [2.24, 2.45) is 0 Å². The number of hydrogen-bond acceptors (Lipinski definition) is 5. The van der Waals surface area contributed by atoms with Crippen LogP contribution in [0.1, 0.15) is 12.0 Å². The lowest BCUT2D eigenvalue weighted by Gasteiger charge is -2.28. The van der Waals surface area contributed by atoms with Crippen molar-refractivity contribution >= 4 is 10.1 Å². The monoisotopic (exact) mass is 243 g/mol. The van der Waals surface area contributed by atoms with Crippen molar-refractivity contribution in [1.82, 2.24) is 5.06 Å². The number of phenolic OH excluding ortho intramolecular Hbond substituents is 1. The number of aromatic hydroxyl groups is 1. The van der Waals surface area contributed by atoms with Gasteiger partial charge in [-0.05, 0) is 25.0 Å². The quantitative estimate of drug-likeness (QED) is 0.858. The van der Waals surface area contributed by atoms with E-state index in [2.05, 4.69) is 0 Å². The van der Waals surface area contributed by atoms with Gasteiger partial charge in [0.25, 0.3) is 0 Å². The van der Waals surface area contributed by atoms with E-state index in [-0.39, 0.29) is 10.6 Å². The number of hydroxylamine groups is 2. The van der Waals surface area contributed by atoms with Gasteiger partial charge in [-0.25, -0.2) is 0 Å². The Morgan fingerprint density at radius 1 is 1.38 bits per heavy atom. The molecule has 5 nitrogen and oxygen atoms in total. The van der Waals surface area contributed by atoms with Gasteiger partial charge in [0, 0.05) is 19.2 Å². The van der Waals surface area contributed by atoms with Crippen molar-refractivity contribution in [2.75, 3.05) is 13.1 Å². The largest absolute Gasteiger partial charge is 0.508 e. The van der Waals surface area contributed by atoms with E-state index in [1.807, 2.05) is 0 Å². The second-order valence-electron chi connectivity index (χ2n) is 3.76. The van der Waals surface area contributed by atoms with Gasteiger partial charge in [0.05, 0.1) is 4.90 Å². The third-order valence-corrected chi connectivity index (χ3v) is 3.73. The molecule has 0 bridgehead atoms. The van der Waals surface area contributed by atoms with E-state index in [1.54, 1.807) is 13.0 Å². The van der Waals surface area contributed by atoms with Crippen LogP contribution in [0, 0.1) is 6.92 Å². The van der Waals surface area contributed by atoms with Gasteiger partial charge in [-0.15, -0.1) is 0 Å². The van der Waals surface area contributed by atoms with E-state index in [1.165, 1.54) is 17.2 Å². The van der Waals surface area contributed by atoms with Gasteiger partial charge >= 0.3 is 10.1 Å². The predicted molar refractivity (Wildman–Crippen MR) is 57.3 cm³/mol. The second-order valence-corrected chi connectivity index (χ2v) is 5.29. The minimum atomic E-state index is -3.79. The summed E-state index contributed by atoms with van der Waals surface area (Å²) >= 11 is 0. The molecule has 0 spiro atoms. The van der Waals surface area contributed by atoms with Crippen LogP contribution >= 0.6 is 0 Å². The lowest BCUT2D eigenvalue weighted by Crippen LogP contribution is -2.38. The molecule has 0 amide bonds. The SMILES string of the molecule is Cc1ccc(S(=O)(=O)ON2CCC2)cc1O. The van der Waals surface area contributed by atoms with E-state index in [0.717, 1.165) is 6.42 Å². The lowest BCUT2D eigenvalue weighted by molar-refractivity contribution is -0.101. The first kappa shape index (κ1) is 11.4. The average molecular weight is 243 g/mol. The molecule has 2 rings (SSSR count). The Hall–Kier alpha value is -1.11. The highest BCUT2D eigenvalue weighted by molar-refractivity contribution is 7.86. The summed E-state index contributed by atoms with van der Waals surface area (Å²) in [5.41, 5.74) is 0.628. The molecule has 0 atom stereocenters. The molecule has 0 radical (unpaired) electrons. The number of nitrogens with zero attached hydrogens (tertiary/aromatic N) is 1. The molecule has 1 aromatic carbocycles. The zero-order valence-corrected chi connectivity index (χ0v) is 9.70. The van der Waals surface area contributed by atoms with Crippen molar-refractivity contribution in [3.8, 4) is 5.75 Å². The van der Waals surface area contributed by atoms with Gasteiger partial charge < -0.3 is 5.11 Å². The Morgan fingerprint density at radius 3 is 2.56 bits per heavy atom. The van der Waals surface area contributed by atoms with Gasteiger partial charge in [0.15, 0.2) is 0 Å². The molecule has 1 aliphatic rings. The molecule has 88 valence electrons. The van der Waals surface area contributed by atoms with Crippen LogP contribution in [0.3, 0.4) is 0 Å². The van der Waals surface area contributed by atoms with Crippen LogP contribution in [-0.4, -0.2) is 31.7 Å². The fraction of sp³-hybridized carbons (Fsp3) is 0.400. The maximum Gasteiger partial charge on any atom is 0.313 e. The Morgan fingerprint density at radius 2 is 2.06 bits per heavy atom. The second kappa shape index (κ2) is 4.04. The van der Waals surface area contributed by atoms with Gasteiger partial charge in [0.2, 0.25) is 0 Å². The van der Waals surface area contributed by atoms with Crippen LogP contribution in [0.25, 0.3) is 0 Å². The summed E-state index contributed by atoms with van der Waals surface area (Å²) in [7, 11) is -3.79. The number of rotatable bonds is 3. The number of aryl methyl sites for hydroxylation is 1. The predicted octanol–water partition coefficient (Wildman–Crippen LogP) is 1.03. The zero-order chi connectivity index (χ0) is 11.8. The summed E-state index contributed by atoms with van der Waals surface area (Å²) in [6.45, 7) is 2.94. The zero-order valence-electron chi connectivity index (χ0n) is 8.88. The molecule has 0 aliphatic carbocycles. The van der Waals surface area contributed by atoms with Crippen molar-refractivity contribution < 1.29 is 17.8 Å². The summed E-state index contributed by atoms with van der Waals surface area (Å²) in [5, 5.41) is 10.8. The summed E-state index contributed by atoms with van der Waals surface area (Å²) in [6, 6.07) is 4.16. The number of benzene rings is 1. The molecular formula is C10H13NO4S. The summed E-state index contributed by atoms with van der Waals surface area (Å²) < 4.78 is 28.3. The Balaban J connectivity index is 2.24. The van der Waals surface area contributed by atoms with Crippen molar-refractivity contribution in [2.45, 2.75) is 18.2 Å². The first-order valence-corrected chi connectivity index (χ1v) is 6.39. The Kier molecular flexibility index (Phi) is 2.88. The Labute approximate surface area is 94.3 Å². The molecule has 1 heterocycles. The molecule has 6 heteroatoms. The van der Waals surface area contributed by atoms with Crippen LogP contribution in [0.2, 0.25) is 0 Å². The van der Waals surface area contributed by atoms with Gasteiger partial charge in [-0.2, -0.15) is 17.8 Å². The van der Waals surface area contributed by atoms with Crippen LogP contribution in [-0.2, 0) is 14.4 Å². The molecule has 1 aliphatic heterocycles. The normalized spacial score (nSPS) is 17.1. The molecular weight excluding hydrogens is 230 g/mol. The van der Waals surface area contributed by atoms with Gasteiger partial charge in [-0.3, -0.25) is 0 Å². The topological polar surface area (TPSA) is 66.8 Å². The average Bonchev–Trinajstić information content (AvgIpc) is 2.16. The molecule has 1 saturated heterocycles. The molecule has 16 heavy (non-hydrogen) atoms. The van der Waals surface area contributed by atoms with E-state index in [4.69, 9.17) is 4.28 Å². The van der Waals surface area contributed by atoms with Crippen molar-refractivity contribution in [1.29, 1.82) is 0 Å². The summed E-state index contributed by atoms with van der Waals surface area (Å²) in [5.74, 6) is -0.0479. The molecule has 0 aromatic heterocycles. The van der Waals surface area contributed by atoms with Crippen LogP contribution in [0.5, 0.6) is 5.75 Å². The summed E-state index contributed by atoms with van der Waals surface area (Å²) in [4.78, 5) is -0.0255. The Bertz CT molecular complexity index is 494. The highest BCUT2D eigenvalue weighted by Crippen LogP contribution is 2.23. The standard InChI is InChI=1S/C10H13NO4S/c1-8-3-4-9(7-10(8)12)16(13,14)15-11-5-2-6-11/h3-4,7,12H,2,5-6H2,1H3. The minimum Gasteiger partial charge on any atom is -0.508 e. The van der Waals surface area contributed by atoms with E-state index < -0.39 is 10.1 Å². The maximum absolute atomic E-state index is 11.7. The fourth-order valence-electron chi connectivity index (χ4n) is 1.29. The molecule has 1 fully saturated rings. The van der Waals surface area contributed by atoms with E-state index >= 15 is 0 Å². The van der Waals surface area contributed by atoms with Crippen molar-refractivity contribution in [3.63, 3.8) is 0 Å². The lowest BCUT2D eigenvalue weighted by atomic mass is 10.2. The smallest absolute Gasteiger partial charge is 0.313 e. The first-order chi connectivity index (χ1) is 7.49. The maximum atomic E-state index is 11.7. The third kappa shape index (κ3) is 2.18. The molecule has 0 unspecified atom stereocenters. The first-order valence-electron chi connectivity index (χ1n) is 4.98. The number of hydrogen-bond donors (Lipinski definition) is 1. The highest BCUT2D eigenvalue weighted by Gasteiger charge is 2.24. The molecule has 1 aromatic rings. The van der Waals surface area contributed by atoms with Crippen LogP contribution < -0.4 is 0 Å². The third-order valence-electron chi connectivity index (χ3n) is 2.49. The fourth-order valence-corrected chi connectivity index (χ4v) is 2.29. The minimum absolute atomic E-state index is 0.0255. The van der Waals surface area contributed by atoms with E-state index in [9.17, 15) is 13.5 Å². The van der Waals surface area contributed by atoms with E-state index in [0.29, 0.717) is 18.7 Å². The highest BCUT2D eigenvalue weighted by atomic mass is 32.2. The summed E-state index contributed by atoms with van der Waals surface area (Å²) in [6.07, 6.45) is 0.939. The number of phenols is 1. The van der Waals surface area contributed by atoms with Crippen molar-refractivity contribution in [3.05, 3.63) is 23.8 Å². The van der Waals surface area contributed by atoms with Crippen LogP contribution in [0.4, 0.5) is 0 Å². The van der Waals surface area contributed by atoms with Crippen LogP contribution in [0.15, 0.2) is 23.1 Å².